The molecule has 0 unspecified atom stereocenters. The lowest BCUT2D eigenvalue weighted by molar-refractivity contribution is -0.141. The van der Waals surface area contributed by atoms with Gasteiger partial charge >= 0.3 is 0 Å². The molecule has 3 rings (SSSR count). The summed E-state index contributed by atoms with van der Waals surface area (Å²) in [5.74, 6) is -0.0921. The Morgan fingerprint density at radius 1 is 1.16 bits per heavy atom. The SMILES string of the molecule is CCCN1C(=O)Cc2ccccc2[C@@H]1C(=O)NCc1ccc(C)cc1. The summed E-state index contributed by atoms with van der Waals surface area (Å²) in [6, 6.07) is 15.3. The van der Waals surface area contributed by atoms with Gasteiger partial charge in [0, 0.05) is 13.1 Å². The molecule has 2 aromatic rings. The fourth-order valence-corrected chi connectivity index (χ4v) is 3.31. The summed E-state index contributed by atoms with van der Waals surface area (Å²) < 4.78 is 0. The first-order chi connectivity index (χ1) is 12.1. The van der Waals surface area contributed by atoms with Gasteiger partial charge in [0.05, 0.1) is 6.42 Å². The fourth-order valence-electron chi connectivity index (χ4n) is 3.31. The zero-order valence-corrected chi connectivity index (χ0v) is 14.8. The van der Waals surface area contributed by atoms with Crippen LogP contribution in [-0.4, -0.2) is 23.3 Å². The van der Waals surface area contributed by atoms with Gasteiger partial charge in [-0.3, -0.25) is 9.59 Å². The molecule has 0 aromatic heterocycles. The van der Waals surface area contributed by atoms with Crippen LogP contribution in [0.2, 0.25) is 0 Å². The van der Waals surface area contributed by atoms with Crippen LogP contribution >= 0.6 is 0 Å². The minimum Gasteiger partial charge on any atom is -0.350 e. The van der Waals surface area contributed by atoms with E-state index in [2.05, 4.69) is 5.32 Å². The standard InChI is InChI=1S/C21H24N2O2/c1-3-12-23-19(24)13-17-6-4-5-7-18(17)20(23)21(25)22-14-16-10-8-15(2)9-11-16/h4-11,20H,3,12-14H2,1-2H3,(H,22,25)/t20-/m1/s1. The molecule has 1 atom stereocenters. The van der Waals surface area contributed by atoms with Gasteiger partial charge in [0.2, 0.25) is 11.8 Å². The number of nitrogens with one attached hydrogen (secondary N) is 1. The van der Waals surface area contributed by atoms with E-state index in [1.807, 2.05) is 62.4 Å². The van der Waals surface area contributed by atoms with Gasteiger partial charge in [-0.15, -0.1) is 0 Å². The summed E-state index contributed by atoms with van der Waals surface area (Å²) in [6.07, 6.45) is 1.20. The second-order valence-corrected chi connectivity index (χ2v) is 6.57. The lowest BCUT2D eigenvalue weighted by Crippen LogP contribution is -2.47. The van der Waals surface area contributed by atoms with Crippen molar-refractivity contribution >= 4 is 11.8 Å². The predicted molar refractivity (Wildman–Crippen MR) is 97.9 cm³/mol. The van der Waals surface area contributed by atoms with Crippen molar-refractivity contribution in [2.24, 2.45) is 0 Å². The summed E-state index contributed by atoms with van der Waals surface area (Å²) in [5.41, 5.74) is 4.14. The molecule has 2 amide bonds. The average molecular weight is 336 g/mol. The summed E-state index contributed by atoms with van der Waals surface area (Å²) in [5, 5.41) is 3.01. The van der Waals surface area contributed by atoms with E-state index in [9.17, 15) is 9.59 Å². The van der Waals surface area contributed by atoms with Crippen LogP contribution in [-0.2, 0) is 22.6 Å². The second kappa shape index (κ2) is 7.51. The first-order valence-corrected chi connectivity index (χ1v) is 8.80. The zero-order valence-electron chi connectivity index (χ0n) is 14.8. The quantitative estimate of drug-likeness (QED) is 0.912. The number of carbonyl (C=O) groups is 2. The lowest BCUT2D eigenvalue weighted by Gasteiger charge is -2.36. The molecule has 4 heteroatoms. The highest BCUT2D eigenvalue weighted by atomic mass is 16.2. The van der Waals surface area contributed by atoms with Crippen LogP contribution in [0.15, 0.2) is 48.5 Å². The van der Waals surface area contributed by atoms with Crippen molar-refractivity contribution in [3.8, 4) is 0 Å². The van der Waals surface area contributed by atoms with E-state index in [0.717, 1.165) is 23.1 Å². The maximum absolute atomic E-state index is 12.9. The van der Waals surface area contributed by atoms with E-state index in [1.165, 1.54) is 5.56 Å². The van der Waals surface area contributed by atoms with E-state index in [4.69, 9.17) is 0 Å². The van der Waals surface area contributed by atoms with Crippen molar-refractivity contribution in [2.75, 3.05) is 6.54 Å². The molecule has 1 heterocycles. The van der Waals surface area contributed by atoms with Gasteiger partial charge in [0.1, 0.15) is 6.04 Å². The minimum absolute atomic E-state index is 0.0241. The molecule has 0 spiro atoms. The highest BCUT2D eigenvalue weighted by Gasteiger charge is 2.36. The number of hydrogen-bond donors (Lipinski definition) is 1. The van der Waals surface area contributed by atoms with Crippen LogP contribution in [0.4, 0.5) is 0 Å². The monoisotopic (exact) mass is 336 g/mol. The molecule has 1 N–H and O–H groups in total. The van der Waals surface area contributed by atoms with Gasteiger partial charge in [-0.1, -0.05) is 61.0 Å². The summed E-state index contributed by atoms with van der Waals surface area (Å²) in [7, 11) is 0. The molecule has 4 nitrogen and oxygen atoms in total. The van der Waals surface area contributed by atoms with Gasteiger partial charge in [0.15, 0.2) is 0 Å². The molecule has 0 fully saturated rings. The fraction of sp³-hybridized carbons (Fsp3) is 0.333. The Kier molecular flexibility index (Phi) is 5.17. The Morgan fingerprint density at radius 3 is 2.60 bits per heavy atom. The van der Waals surface area contributed by atoms with Crippen molar-refractivity contribution in [1.29, 1.82) is 0 Å². The van der Waals surface area contributed by atoms with Crippen molar-refractivity contribution in [1.82, 2.24) is 10.2 Å². The molecule has 1 aliphatic heterocycles. The highest BCUT2D eigenvalue weighted by molar-refractivity contribution is 5.92. The van der Waals surface area contributed by atoms with Crippen LogP contribution in [0.5, 0.6) is 0 Å². The average Bonchev–Trinajstić information content (AvgIpc) is 2.62. The second-order valence-electron chi connectivity index (χ2n) is 6.57. The molecule has 130 valence electrons. The number of carbonyl (C=O) groups excluding carboxylic acids is 2. The van der Waals surface area contributed by atoms with Crippen molar-refractivity contribution in [3.05, 3.63) is 70.8 Å². The summed E-state index contributed by atoms with van der Waals surface area (Å²) in [6.45, 7) is 5.12. The largest absolute Gasteiger partial charge is 0.350 e. The molecule has 0 saturated carbocycles. The van der Waals surface area contributed by atoms with Gasteiger partial charge in [0.25, 0.3) is 0 Å². The van der Waals surface area contributed by atoms with E-state index in [1.54, 1.807) is 4.90 Å². The number of aryl methyl sites for hydroxylation is 1. The first kappa shape index (κ1) is 17.2. The van der Waals surface area contributed by atoms with Crippen LogP contribution in [0, 0.1) is 6.92 Å². The van der Waals surface area contributed by atoms with Crippen molar-refractivity contribution in [3.63, 3.8) is 0 Å². The third-order valence-electron chi connectivity index (χ3n) is 4.62. The van der Waals surface area contributed by atoms with E-state index >= 15 is 0 Å². The van der Waals surface area contributed by atoms with Gasteiger partial charge in [-0.2, -0.15) is 0 Å². The van der Waals surface area contributed by atoms with Gasteiger partial charge < -0.3 is 10.2 Å². The number of amides is 2. The molecule has 0 aliphatic carbocycles. The number of nitrogens with zero attached hydrogens (tertiary/aromatic N) is 1. The Labute approximate surface area is 148 Å². The zero-order chi connectivity index (χ0) is 17.8. The third kappa shape index (κ3) is 3.73. The van der Waals surface area contributed by atoms with E-state index in [-0.39, 0.29) is 11.8 Å². The number of hydrogen-bond acceptors (Lipinski definition) is 2. The van der Waals surface area contributed by atoms with Crippen LogP contribution in [0.25, 0.3) is 0 Å². The number of fused-ring (bicyclic) bond motifs is 1. The van der Waals surface area contributed by atoms with Crippen LogP contribution in [0.1, 0.15) is 41.6 Å². The van der Waals surface area contributed by atoms with Crippen LogP contribution < -0.4 is 5.32 Å². The number of rotatable bonds is 5. The normalized spacial score (nSPS) is 16.5. The van der Waals surface area contributed by atoms with Gasteiger partial charge in [-0.05, 0) is 30.0 Å². The molecule has 0 bridgehead atoms. The Hall–Kier alpha value is -2.62. The lowest BCUT2D eigenvalue weighted by atomic mass is 9.91. The predicted octanol–water partition coefficient (Wildman–Crippen LogP) is 3.15. The van der Waals surface area contributed by atoms with Gasteiger partial charge in [-0.25, -0.2) is 0 Å². The van der Waals surface area contributed by atoms with E-state index < -0.39 is 6.04 Å². The molecular formula is C21H24N2O2. The Bertz CT molecular complexity index is 768. The molecule has 1 aliphatic rings. The minimum atomic E-state index is -0.539. The first-order valence-electron chi connectivity index (χ1n) is 8.80. The maximum Gasteiger partial charge on any atom is 0.247 e. The third-order valence-corrected chi connectivity index (χ3v) is 4.62. The van der Waals surface area contributed by atoms with E-state index in [0.29, 0.717) is 19.5 Å². The van der Waals surface area contributed by atoms with Crippen LogP contribution in [0.3, 0.4) is 0 Å². The maximum atomic E-state index is 12.9. The molecule has 25 heavy (non-hydrogen) atoms. The molecular weight excluding hydrogens is 312 g/mol. The van der Waals surface area contributed by atoms with Crippen molar-refractivity contribution in [2.45, 2.75) is 39.3 Å². The summed E-state index contributed by atoms with van der Waals surface area (Å²) >= 11 is 0. The summed E-state index contributed by atoms with van der Waals surface area (Å²) in [4.78, 5) is 27.2. The highest BCUT2D eigenvalue weighted by Crippen LogP contribution is 2.30. The molecule has 2 aromatic carbocycles. The van der Waals surface area contributed by atoms with Crippen molar-refractivity contribution < 1.29 is 9.59 Å². The number of benzene rings is 2. The Balaban J connectivity index is 1.82. The molecule has 0 radical (unpaired) electrons. The topological polar surface area (TPSA) is 49.4 Å². The smallest absolute Gasteiger partial charge is 0.247 e. The molecule has 0 saturated heterocycles. The Morgan fingerprint density at radius 2 is 1.88 bits per heavy atom.